The van der Waals surface area contributed by atoms with Gasteiger partial charge in [0.05, 0.1) is 16.2 Å². The van der Waals surface area contributed by atoms with Crippen LogP contribution in [0, 0.1) is 5.92 Å². The number of carboxylic acid groups (broad SMARTS) is 1. The van der Waals surface area contributed by atoms with Crippen LogP contribution < -0.4 is 0 Å². The third kappa shape index (κ3) is 3.70. The number of carbonyl (C=O) groups is 2. The standard InChI is InChI=1S/C15H17Cl2NO3S/c1-8-11(15(20)21)5-6-18(8)14(19)9(2)22-13-7-10(16)3-4-12(13)17/h3-4,7-9,11H,5-6H2,1-2H3,(H,20,21). The van der Waals surface area contributed by atoms with Crippen LogP contribution >= 0.6 is 35.0 Å². The molecule has 0 radical (unpaired) electrons. The molecule has 0 aliphatic carbocycles. The van der Waals surface area contributed by atoms with Crippen LogP contribution in [0.5, 0.6) is 0 Å². The minimum absolute atomic E-state index is 0.0720. The highest BCUT2D eigenvalue weighted by atomic mass is 35.5. The minimum atomic E-state index is -0.846. The summed E-state index contributed by atoms with van der Waals surface area (Å²) in [6.45, 7) is 4.06. The summed E-state index contributed by atoms with van der Waals surface area (Å²) in [5.41, 5.74) is 0. The second-order valence-electron chi connectivity index (χ2n) is 5.34. The van der Waals surface area contributed by atoms with Crippen molar-refractivity contribution in [3.05, 3.63) is 28.2 Å². The van der Waals surface area contributed by atoms with E-state index in [1.54, 1.807) is 36.9 Å². The summed E-state index contributed by atoms with van der Waals surface area (Å²) in [6, 6.07) is 4.83. The van der Waals surface area contributed by atoms with E-state index in [9.17, 15) is 9.59 Å². The highest BCUT2D eigenvalue weighted by Crippen LogP contribution is 2.34. The maximum Gasteiger partial charge on any atom is 0.308 e. The summed E-state index contributed by atoms with van der Waals surface area (Å²) in [7, 11) is 0. The number of hydrogen-bond donors (Lipinski definition) is 1. The molecule has 1 amide bonds. The minimum Gasteiger partial charge on any atom is -0.481 e. The maximum atomic E-state index is 12.6. The van der Waals surface area contributed by atoms with Crippen molar-refractivity contribution in [1.82, 2.24) is 4.90 Å². The van der Waals surface area contributed by atoms with E-state index >= 15 is 0 Å². The van der Waals surface area contributed by atoms with E-state index in [1.807, 2.05) is 0 Å². The van der Waals surface area contributed by atoms with E-state index in [1.165, 1.54) is 11.8 Å². The van der Waals surface area contributed by atoms with Crippen LogP contribution in [0.3, 0.4) is 0 Å². The highest BCUT2D eigenvalue weighted by molar-refractivity contribution is 8.00. The molecule has 1 N–H and O–H groups in total. The molecule has 3 atom stereocenters. The fraction of sp³-hybridized carbons (Fsp3) is 0.467. The normalized spacial score (nSPS) is 22.6. The van der Waals surface area contributed by atoms with Gasteiger partial charge in [-0.3, -0.25) is 9.59 Å². The van der Waals surface area contributed by atoms with E-state index in [0.717, 1.165) is 4.90 Å². The van der Waals surface area contributed by atoms with Crippen molar-refractivity contribution in [1.29, 1.82) is 0 Å². The zero-order chi connectivity index (χ0) is 16.4. The molecule has 0 spiro atoms. The van der Waals surface area contributed by atoms with Gasteiger partial charge in [0.1, 0.15) is 0 Å². The Morgan fingerprint density at radius 2 is 2.09 bits per heavy atom. The quantitative estimate of drug-likeness (QED) is 0.828. The summed E-state index contributed by atoms with van der Waals surface area (Å²) < 4.78 is 0. The first kappa shape index (κ1) is 17.4. The number of likely N-dealkylation sites (tertiary alicyclic amines) is 1. The lowest BCUT2D eigenvalue weighted by molar-refractivity contribution is -0.143. The van der Waals surface area contributed by atoms with Crippen LogP contribution in [-0.4, -0.2) is 39.7 Å². The van der Waals surface area contributed by atoms with Crippen LogP contribution in [-0.2, 0) is 9.59 Å². The smallest absolute Gasteiger partial charge is 0.308 e. The predicted molar refractivity (Wildman–Crippen MR) is 88.7 cm³/mol. The number of hydrogen-bond acceptors (Lipinski definition) is 3. The molecule has 1 heterocycles. The Balaban J connectivity index is 2.07. The molecule has 0 saturated carbocycles. The average molecular weight is 362 g/mol. The Hall–Kier alpha value is -0.910. The fourth-order valence-electron chi connectivity index (χ4n) is 2.62. The average Bonchev–Trinajstić information content (AvgIpc) is 2.83. The molecule has 1 aromatic rings. The lowest BCUT2D eigenvalue weighted by Crippen LogP contribution is -2.41. The van der Waals surface area contributed by atoms with E-state index in [0.29, 0.717) is 23.0 Å². The molecular weight excluding hydrogens is 345 g/mol. The number of benzene rings is 1. The monoisotopic (exact) mass is 361 g/mol. The maximum absolute atomic E-state index is 12.6. The number of aliphatic carboxylic acids is 1. The first-order valence-electron chi connectivity index (χ1n) is 6.96. The first-order chi connectivity index (χ1) is 10.3. The zero-order valence-corrected chi connectivity index (χ0v) is 14.6. The largest absolute Gasteiger partial charge is 0.481 e. The van der Waals surface area contributed by atoms with E-state index in [4.69, 9.17) is 28.3 Å². The Kier molecular flexibility index (Phi) is 5.64. The topological polar surface area (TPSA) is 57.6 Å². The van der Waals surface area contributed by atoms with Crippen LogP contribution in [0.4, 0.5) is 0 Å². The van der Waals surface area contributed by atoms with Crippen LogP contribution in [0.15, 0.2) is 23.1 Å². The van der Waals surface area contributed by atoms with Gasteiger partial charge < -0.3 is 10.0 Å². The van der Waals surface area contributed by atoms with Crippen LogP contribution in [0.1, 0.15) is 20.3 Å². The number of amides is 1. The van der Waals surface area contributed by atoms with Crippen molar-refractivity contribution < 1.29 is 14.7 Å². The Morgan fingerprint density at radius 3 is 2.68 bits per heavy atom. The summed E-state index contributed by atoms with van der Waals surface area (Å²) in [5.74, 6) is -1.41. The lowest BCUT2D eigenvalue weighted by atomic mass is 10.0. The van der Waals surface area contributed by atoms with Gasteiger partial charge in [0.2, 0.25) is 5.91 Å². The summed E-state index contributed by atoms with van der Waals surface area (Å²) >= 11 is 13.4. The molecule has 1 fully saturated rings. The lowest BCUT2D eigenvalue weighted by Gasteiger charge is -2.26. The van der Waals surface area contributed by atoms with Gasteiger partial charge in [0.25, 0.3) is 0 Å². The van der Waals surface area contributed by atoms with Crippen molar-refractivity contribution >= 4 is 46.8 Å². The van der Waals surface area contributed by atoms with Crippen molar-refractivity contribution in [2.24, 2.45) is 5.92 Å². The molecule has 1 aliphatic heterocycles. The van der Waals surface area contributed by atoms with Gasteiger partial charge in [-0.25, -0.2) is 0 Å². The molecule has 3 unspecified atom stereocenters. The van der Waals surface area contributed by atoms with Gasteiger partial charge in [0, 0.05) is 22.5 Å². The number of nitrogens with zero attached hydrogens (tertiary/aromatic N) is 1. The predicted octanol–water partition coefficient (Wildman–Crippen LogP) is 3.80. The van der Waals surface area contributed by atoms with Crippen LogP contribution in [0.2, 0.25) is 10.0 Å². The van der Waals surface area contributed by atoms with Crippen molar-refractivity contribution in [3.8, 4) is 0 Å². The molecule has 2 rings (SSSR count). The van der Waals surface area contributed by atoms with Crippen LogP contribution in [0.25, 0.3) is 0 Å². The molecule has 7 heteroatoms. The van der Waals surface area contributed by atoms with Gasteiger partial charge >= 0.3 is 5.97 Å². The number of thioether (sulfide) groups is 1. The zero-order valence-electron chi connectivity index (χ0n) is 12.3. The second kappa shape index (κ2) is 7.11. The highest BCUT2D eigenvalue weighted by Gasteiger charge is 2.39. The number of carbonyl (C=O) groups excluding carboxylic acids is 1. The van der Waals surface area contributed by atoms with E-state index in [2.05, 4.69) is 0 Å². The molecule has 1 aliphatic rings. The molecular formula is C15H17Cl2NO3S. The van der Waals surface area contributed by atoms with Crippen molar-refractivity contribution in [3.63, 3.8) is 0 Å². The SMILES string of the molecule is CC(Sc1cc(Cl)ccc1Cl)C(=O)N1CCC(C(=O)O)C1C. The van der Waals surface area contributed by atoms with Gasteiger partial charge in [-0.05, 0) is 38.5 Å². The molecule has 0 bridgehead atoms. The van der Waals surface area contributed by atoms with Gasteiger partial charge in [0.15, 0.2) is 0 Å². The Labute approximate surface area is 143 Å². The molecule has 0 aromatic heterocycles. The molecule has 1 aromatic carbocycles. The molecule has 4 nitrogen and oxygen atoms in total. The fourth-order valence-corrected chi connectivity index (χ4v) is 4.10. The summed E-state index contributed by atoms with van der Waals surface area (Å²) in [5, 5.41) is 9.90. The van der Waals surface area contributed by atoms with E-state index < -0.39 is 11.9 Å². The third-order valence-corrected chi connectivity index (χ3v) is 5.72. The van der Waals surface area contributed by atoms with Gasteiger partial charge in [-0.2, -0.15) is 0 Å². The molecule has 1 saturated heterocycles. The Bertz CT molecular complexity index is 596. The van der Waals surface area contributed by atoms with Crippen molar-refractivity contribution in [2.75, 3.05) is 6.54 Å². The second-order valence-corrected chi connectivity index (χ2v) is 7.57. The molecule has 22 heavy (non-hydrogen) atoms. The third-order valence-electron chi connectivity index (χ3n) is 3.90. The molecule has 120 valence electrons. The van der Waals surface area contributed by atoms with Gasteiger partial charge in [-0.1, -0.05) is 23.2 Å². The number of carboxylic acids is 1. The van der Waals surface area contributed by atoms with Crippen molar-refractivity contribution in [2.45, 2.75) is 36.5 Å². The first-order valence-corrected chi connectivity index (χ1v) is 8.59. The van der Waals surface area contributed by atoms with Gasteiger partial charge in [-0.15, -0.1) is 11.8 Å². The summed E-state index contributed by atoms with van der Waals surface area (Å²) in [6.07, 6.45) is 0.498. The van der Waals surface area contributed by atoms with E-state index in [-0.39, 0.29) is 17.2 Å². The number of halogens is 2. The number of rotatable bonds is 4. The summed E-state index contributed by atoms with van der Waals surface area (Å²) in [4.78, 5) is 26.1. The Morgan fingerprint density at radius 1 is 1.41 bits per heavy atom.